The molecule has 0 amide bonds. The predicted octanol–water partition coefficient (Wildman–Crippen LogP) is 32.7. The SMILES string of the molecule is CC(C)c1cc(Br)c2cc3c4c(cc(Br)c5ccc1c2c54)CCC3(C)C.CC(C)c1cc(N(c2ccccc2)c2cccc3c2sc2ccccc23)c2cc3c4c(cc(N(c5ccccc5)c5cccc6c5sc5ccccc56)c5ccc1c2c54)CCC3(C)C.c1ccc(Cc2cccc3c2sc2ccccc23)cc1. The van der Waals surface area contributed by atoms with E-state index >= 15 is 0 Å². The Bertz CT molecular complexity index is 7040. The summed E-state index contributed by atoms with van der Waals surface area (Å²) < 4.78 is 10.5. The minimum atomic E-state index is -0.0137. The van der Waals surface area contributed by atoms with Crippen LogP contribution in [0.2, 0.25) is 0 Å². The average molecular weight is 1600 g/mol. The van der Waals surface area contributed by atoms with Gasteiger partial charge in [0.05, 0.1) is 32.1 Å². The number of para-hydroxylation sites is 2. The fourth-order valence-electron chi connectivity index (χ4n) is 18.8. The van der Waals surface area contributed by atoms with E-state index in [4.69, 9.17) is 0 Å². The Kier molecular flexibility index (Phi) is 16.9. The minimum Gasteiger partial charge on any atom is -0.308 e. The maximum Gasteiger partial charge on any atom is 0.0640 e. The molecule has 0 N–H and O–H groups in total. The molecule has 0 saturated heterocycles. The van der Waals surface area contributed by atoms with Crippen LogP contribution in [0.25, 0.3) is 125 Å². The lowest BCUT2D eigenvalue weighted by Crippen LogP contribution is -2.24. The number of rotatable bonds is 10. The van der Waals surface area contributed by atoms with Crippen molar-refractivity contribution < 1.29 is 0 Å². The molecule has 0 atom stereocenters. The molecule has 0 radical (unpaired) electrons. The lowest BCUT2D eigenvalue weighted by molar-refractivity contribution is 0.475. The zero-order valence-electron chi connectivity index (χ0n) is 63.1. The summed E-state index contributed by atoms with van der Waals surface area (Å²) in [6, 6.07) is 104. The molecule has 0 fully saturated rings. The van der Waals surface area contributed by atoms with Crippen LogP contribution in [-0.2, 0) is 30.1 Å². The topological polar surface area (TPSA) is 6.48 Å². The third kappa shape index (κ3) is 11.2. The van der Waals surface area contributed by atoms with Gasteiger partial charge in [-0.05, 0) is 239 Å². The van der Waals surface area contributed by atoms with E-state index in [9.17, 15) is 0 Å². The van der Waals surface area contributed by atoms with Crippen molar-refractivity contribution in [1.82, 2.24) is 0 Å². The van der Waals surface area contributed by atoms with E-state index in [0.717, 1.165) is 31.4 Å². The summed E-state index contributed by atoms with van der Waals surface area (Å²) in [5.74, 6) is 0.804. The summed E-state index contributed by atoms with van der Waals surface area (Å²) in [6.07, 6.45) is 5.49. The van der Waals surface area contributed by atoms with E-state index in [1.165, 1.54) is 213 Å². The Morgan fingerprint density at radius 1 is 0.318 bits per heavy atom. The van der Waals surface area contributed by atoms with E-state index in [1.807, 2.05) is 34.0 Å². The maximum absolute atomic E-state index is 3.90. The molecule has 2 aliphatic carbocycles. The number of benzene rings is 17. The summed E-state index contributed by atoms with van der Waals surface area (Å²) in [5, 5.41) is 24.7. The monoisotopic (exact) mass is 1600 g/mol. The van der Waals surface area contributed by atoms with Gasteiger partial charge in [-0.2, -0.15) is 0 Å². The first-order valence-corrected chi connectivity index (χ1v) is 43.0. The van der Waals surface area contributed by atoms with Gasteiger partial charge in [0.2, 0.25) is 0 Å². The summed E-state index contributed by atoms with van der Waals surface area (Å²) in [5.41, 5.74) is 19.0. The molecule has 17 aromatic carbocycles. The fourth-order valence-corrected chi connectivity index (χ4v) is 23.6. The number of hydrogen-bond donors (Lipinski definition) is 0. The first-order valence-electron chi connectivity index (χ1n) is 38.9. The van der Waals surface area contributed by atoms with Gasteiger partial charge in [0.1, 0.15) is 0 Å². The van der Waals surface area contributed by atoms with Crippen LogP contribution in [0, 0.1) is 0 Å². The molecule has 22 rings (SSSR count). The highest BCUT2D eigenvalue weighted by Crippen LogP contribution is 2.58. The number of aryl methyl sites for hydroxylation is 2. The Hall–Kier alpha value is -9.96. The molecule has 0 unspecified atom stereocenters. The Morgan fingerprint density at radius 3 is 1.25 bits per heavy atom. The Morgan fingerprint density at radius 2 is 0.718 bits per heavy atom. The second-order valence-corrected chi connectivity index (χ2v) is 37.4. The first kappa shape index (κ1) is 69.2. The molecular formula is C103H82Br2N2S3. The van der Waals surface area contributed by atoms with E-state index in [1.54, 1.807) is 0 Å². The number of hydrogen-bond acceptors (Lipinski definition) is 5. The van der Waals surface area contributed by atoms with Gasteiger partial charge in [-0.3, -0.25) is 0 Å². The zero-order chi connectivity index (χ0) is 74.6. The van der Waals surface area contributed by atoms with Crippen molar-refractivity contribution in [3.63, 3.8) is 0 Å². The second-order valence-electron chi connectivity index (χ2n) is 32.5. The molecule has 3 heterocycles. The van der Waals surface area contributed by atoms with Crippen molar-refractivity contribution in [1.29, 1.82) is 0 Å². The highest BCUT2D eigenvalue weighted by atomic mass is 79.9. The third-order valence-corrected chi connectivity index (χ3v) is 29.3. The van der Waals surface area contributed by atoms with Gasteiger partial charge in [0, 0.05) is 87.6 Å². The number of thiophene rings is 3. The van der Waals surface area contributed by atoms with Gasteiger partial charge in [-0.15, -0.1) is 34.0 Å². The minimum absolute atomic E-state index is 0.0137. The van der Waals surface area contributed by atoms with Gasteiger partial charge in [0.25, 0.3) is 0 Å². The summed E-state index contributed by atoms with van der Waals surface area (Å²) in [7, 11) is 0. The van der Waals surface area contributed by atoms with Crippen molar-refractivity contribution in [3.05, 3.63) is 333 Å². The number of halogens is 2. The van der Waals surface area contributed by atoms with Crippen molar-refractivity contribution in [2.24, 2.45) is 0 Å². The molecule has 110 heavy (non-hydrogen) atoms. The summed E-state index contributed by atoms with van der Waals surface area (Å²) >= 11 is 13.5. The molecule has 0 spiro atoms. The Balaban J connectivity index is 0.000000139. The van der Waals surface area contributed by atoms with Crippen LogP contribution in [0.5, 0.6) is 0 Å². The molecular weight excluding hydrogens is 1520 g/mol. The highest BCUT2D eigenvalue weighted by molar-refractivity contribution is 9.11. The molecule has 0 saturated carbocycles. The van der Waals surface area contributed by atoms with E-state index in [-0.39, 0.29) is 10.8 Å². The van der Waals surface area contributed by atoms with Crippen molar-refractivity contribution in [2.75, 3.05) is 9.80 Å². The van der Waals surface area contributed by atoms with E-state index in [2.05, 4.69) is 376 Å². The largest absolute Gasteiger partial charge is 0.308 e. The molecule has 2 aliphatic rings. The smallest absolute Gasteiger partial charge is 0.0640 e. The normalized spacial score (nSPS) is 13.9. The van der Waals surface area contributed by atoms with Crippen LogP contribution in [0.4, 0.5) is 34.1 Å². The van der Waals surface area contributed by atoms with Crippen LogP contribution >= 0.6 is 65.9 Å². The lowest BCUT2D eigenvalue weighted by Gasteiger charge is -2.37. The van der Waals surface area contributed by atoms with Crippen LogP contribution in [0.1, 0.15) is 125 Å². The van der Waals surface area contributed by atoms with Crippen LogP contribution in [-0.4, -0.2) is 0 Å². The molecule has 0 aliphatic heterocycles. The van der Waals surface area contributed by atoms with Crippen LogP contribution < -0.4 is 9.80 Å². The first-order chi connectivity index (χ1) is 53.5. The van der Waals surface area contributed by atoms with Crippen molar-refractivity contribution >= 4 is 225 Å². The predicted molar refractivity (Wildman–Crippen MR) is 490 cm³/mol. The van der Waals surface area contributed by atoms with Gasteiger partial charge < -0.3 is 9.80 Å². The highest BCUT2D eigenvalue weighted by Gasteiger charge is 2.36. The van der Waals surface area contributed by atoms with Crippen LogP contribution in [0.15, 0.2) is 288 Å². The van der Waals surface area contributed by atoms with Gasteiger partial charge in [0.15, 0.2) is 0 Å². The molecule has 536 valence electrons. The molecule has 7 heteroatoms. The molecule has 3 aromatic heterocycles. The second kappa shape index (κ2) is 26.9. The van der Waals surface area contributed by atoms with E-state index in [0.29, 0.717) is 11.8 Å². The van der Waals surface area contributed by atoms with Gasteiger partial charge >= 0.3 is 0 Å². The fraction of sp³-hybridized carbons (Fsp3) is 0.165. The third-order valence-electron chi connectivity index (χ3n) is 24.3. The number of anilines is 6. The van der Waals surface area contributed by atoms with Crippen LogP contribution in [0.3, 0.4) is 0 Å². The molecule has 0 bridgehead atoms. The number of nitrogens with zero attached hydrogens (tertiary/aromatic N) is 2. The molecule has 20 aromatic rings. The quantitative estimate of drug-likeness (QED) is 0.126. The maximum atomic E-state index is 3.90. The van der Waals surface area contributed by atoms with Gasteiger partial charge in [-0.1, -0.05) is 275 Å². The lowest BCUT2D eigenvalue weighted by atomic mass is 9.70. The summed E-state index contributed by atoms with van der Waals surface area (Å²) in [4.78, 5) is 5.15. The van der Waals surface area contributed by atoms with Crippen molar-refractivity contribution in [3.8, 4) is 0 Å². The Labute approximate surface area is 671 Å². The standard InChI is InChI=1S/C60H46N2S2.C24H22Br2.C19H14S/c1-36(2)46-35-52(62(39-19-9-6-10-20-39)50-26-16-24-44-41-22-12-14-28-54(41)64-59(44)50)47-34-48-55-37(31-32-60(48,3)4)33-51(45-30-29-42(46)56(47)57(45)55)61(38-17-7-5-8-18-38)49-25-15-23-43-40-21-11-13-27-53(40)63-58(43)49;1-12(2)16-11-20(26)17-10-18-21-13(7-8-24(18,3)4)9-19(25)15-6-5-14(16)22(17)23(15)21;1-2-7-14(8-3-1)13-15-9-6-11-17-16-10-4-5-12-18(16)20-19(15)17/h5-30,33-36H,31-32H2,1-4H3;5-6,9-12H,7-8H2,1-4H3;1-12H,13H2. The average Bonchev–Trinajstić information content (AvgIpc) is 0.862. The number of fused-ring (bicyclic) bond motifs is 9. The summed E-state index contributed by atoms with van der Waals surface area (Å²) in [6.45, 7) is 19.1. The zero-order valence-corrected chi connectivity index (χ0v) is 68.7. The van der Waals surface area contributed by atoms with Gasteiger partial charge in [-0.25, -0.2) is 0 Å². The molecule has 2 nitrogen and oxygen atoms in total. The van der Waals surface area contributed by atoms with E-state index < -0.39 is 0 Å². The van der Waals surface area contributed by atoms with Crippen molar-refractivity contribution in [2.45, 2.75) is 110 Å².